The van der Waals surface area contributed by atoms with E-state index >= 15 is 0 Å². The number of fused-ring (bicyclic) bond motifs is 1. The largest absolute Gasteiger partial charge is 0.508 e. The lowest BCUT2D eigenvalue weighted by Gasteiger charge is -2.29. The Morgan fingerprint density at radius 1 is 1.15 bits per heavy atom. The summed E-state index contributed by atoms with van der Waals surface area (Å²) in [6.07, 6.45) is 1.07. The summed E-state index contributed by atoms with van der Waals surface area (Å²) in [4.78, 5) is 2.36. The zero-order valence-corrected chi connectivity index (χ0v) is 11.7. The molecule has 0 radical (unpaired) electrons. The highest BCUT2D eigenvalue weighted by Crippen LogP contribution is 2.26. The number of benzene rings is 2. The number of aromatic hydroxyl groups is 1. The average Bonchev–Trinajstić information content (AvgIpc) is 2.49. The molecule has 1 aliphatic heterocycles. The van der Waals surface area contributed by atoms with Gasteiger partial charge in [-0.05, 0) is 35.7 Å². The van der Waals surface area contributed by atoms with Crippen LogP contribution in [0, 0.1) is 0 Å². The van der Waals surface area contributed by atoms with Gasteiger partial charge in [0.1, 0.15) is 11.5 Å². The standard InChI is InChI=1S/C17H19NO2/c1-20-16-6-7-17(19)15(10-16)12-18-9-8-13-4-2-3-5-14(13)11-18/h2-7,10,19H,8-9,11-12H2,1H3. The second-order valence-electron chi connectivity index (χ2n) is 5.22. The third kappa shape index (κ3) is 2.63. The highest BCUT2D eigenvalue weighted by Gasteiger charge is 2.17. The lowest BCUT2D eigenvalue weighted by molar-refractivity contribution is 0.242. The molecule has 0 saturated heterocycles. The minimum absolute atomic E-state index is 0.338. The van der Waals surface area contributed by atoms with Crippen molar-refractivity contribution in [2.75, 3.05) is 13.7 Å². The number of nitrogens with zero attached hydrogens (tertiary/aromatic N) is 1. The van der Waals surface area contributed by atoms with Crippen molar-refractivity contribution in [3.63, 3.8) is 0 Å². The summed E-state index contributed by atoms with van der Waals surface area (Å²) >= 11 is 0. The van der Waals surface area contributed by atoms with Gasteiger partial charge in [0.05, 0.1) is 7.11 Å². The first-order valence-corrected chi connectivity index (χ1v) is 6.91. The van der Waals surface area contributed by atoms with Crippen molar-refractivity contribution in [1.82, 2.24) is 4.90 Å². The lowest BCUT2D eigenvalue weighted by Crippen LogP contribution is -2.30. The van der Waals surface area contributed by atoms with Crippen molar-refractivity contribution in [3.8, 4) is 11.5 Å². The summed E-state index contributed by atoms with van der Waals surface area (Å²) in [7, 11) is 1.65. The summed E-state index contributed by atoms with van der Waals surface area (Å²) < 4.78 is 5.23. The van der Waals surface area contributed by atoms with Gasteiger partial charge in [-0.25, -0.2) is 0 Å². The number of ether oxygens (including phenoxy) is 1. The van der Waals surface area contributed by atoms with Crippen molar-refractivity contribution in [1.29, 1.82) is 0 Å². The third-order valence-corrected chi connectivity index (χ3v) is 3.89. The summed E-state index contributed by atoms with van der Waals surface area (Å²) in [5.41, 5.74) is 3.75. The summed E-state index contributed by atoms with van der Waals surface area (Å²) in [5, 5.41) is 9.97. The van der Waals surface area contributed by atoms with Crippen molar-refractivity contribution < 1.29 is 9.84 Å². The second kappa shape index (κ2) is 5.55. The highest BCUT2D eigenvalue weighted by molar-refractivity contribution is 5.39. The maximum absolute atomic E-state index is 9.97. The molecule has 0 aliphatic carbocycles. The molecule has 1 aliphatic rings. The fourth-order valence-corrected chi connectivity index (χ4v) is 2.75. The lowest BCUT2D eigenvalue weighted by atomic mass is 9.99. The first kappa shape index (κ1) is 13.0. The number of hydrogen-bond acceptors (Lipinski definition) is 3. The number of phenols is 1. The quantitative estimate of drug-likeness (QED) is 0.930. The molecule has 2 aromatic rings. The van der Waals surface area contributed by atoms with E-state index in [1.165, 1.54) is 11.1 Å². The third-order valence-electron chi connectivity index (χ3n) is 3.89. The molecule has 0 amide bonds. The Hall–Kier alpha value is -2.00. The molecule has 3 rings (SSSR count). The first-order valence-electron chi connectivity index (χ1n) is 6.91. The van der Waals surface area contributed by atoms with Crippen LogP contribution in [-0.4, -0.2) is 23.7 Å². The molecular weight excluding hydrogens is 250 g/mol. The van der Waals surface area contributed by atoms with Gasteiger partial charge in [-0.2, -0.15) is 0 Å². The predicted octanol–water partition coefficient (Wildman–Crippen LogP) is 2.96. The molecule has 0 unspecified atom stereocenters. The van der Waals surface area contributed by atoms with Crippen LogP contribution in [0.25, 0.3) is 0 Å². The molecule has 3 nitrogen and oxygen atoms in total. The van der Waals surface area contributed by atoms with E-state index in [9.17, 15) is 5.11 Å². The van der Waals surface area contributed by atoms with E-state index < -0.39 is 0 Å². The maximum atomic E-state index is 9.97. The molecule has 0 aromatic heterocycles. The molecule has 0 bridgehead atoms. The van der Waals surface area contributed by atoms with Crippen LogP contribution in [0.4, 0.5) is 0 Å². The topological polar surface area (TPSA) is 32.7 Å². The van der Waals surface area contributed by atoms with Crippen LogP contribution >= 0.6 is 0 Å². The van der Waals surface area contributed by atoms with Crippen LogP contribution < -0.4 is 4.74 Å². The van der Waals surface area contributed by atoms with Gasteiger partial charge in [-0.15, -0.1) is 0 Å². The Kier molecular flexibility index (Phi) is 3.61. The molecule has 20 heavy (non-hydrogen) atoms. The van der Waals surface area contributed by atoms with Gasteiger partial charge in [0.25, 0.3) is 0 Å². The van der Waals surface area contributed by atoms with Gasteiger partial charge in [0.2, 0.25) is 0 Å². The van der Waals surface area contributed by atoms with E-state index in [1.807, 2.05) is 6.07 Å². The van der Waals surface area contributed by atoms with Crippen LogP contribution in [0.2, 0.25) is 0 Å². The number of phenolic OH excluding ortho intramolecular Hbond substituents is 1. The second-order valence-corrected chi connectivity index (χ2v) is 5.22. The summed E-state index contributed by atoms with van der Waals surface area (Å²) in [5.74, 6) is 1.12. The van der Waals surface area contributed by atoms with Crippen LogP contribution in [0.1, 0.15) is 16.7 Å². The Morgan fingerprint density at radius 2 is 1.95 bits per heavy atom. The molecule has 104 valence electrons. The van der Waals surface area contributed by atoms with E-state index in [2.05, 4.69) is 29.2 Å². The van der Waals surface area contributed by atoms with E-state index in [0.717, 1.165) is 37.4 Å². The van der Waals surface area contributed by atoms with E-state index in [1.54, 1.807) is 19.2 Å². The molecule has 1 N–H and O–H groups in total. The molecule has 3 heteroatoms. The van der Waals surface area contributed by atoms with Crippen molar-refractivity contribution in [2.24, 2.45) is 0 Å². The zero-order chi connectivity index (χ0) is 13.9. The maximum Gasteiger partial charge on any atom is 0.120 e. The number of methoxy groups -OCH3 is 1. The van der Waals surface area contributed by atoms with Gasteiger partial charge in [-0.3, -0.25) is 4.90 Å². The van der Waals surface area contributed by atoms with Gasteiger partial charge < -0.3 is 9.84 Å². The molecule has 0 atom stereocenters. The molecule has 0 spiro atoms. The van der Waals surface area contributed by atoms with Gasteiger partial charge in [0.15, 0.2) is 0 Å². The van der Waals surface area contributed by atoms with Gasteiger partial charge in [-0.1, -0.05) is 24.3 Å². The Morgan fingerprint density at radius 3 is 2.75 bits per heavy atom. The smallest absolute Gasteiger partial charge is 0.120 e. The van der Waals surface area contributed by atoms with Crippen molar-refractivity contribution >= 4 is 0 Å². The van der Waals surface area contributed by atoms with E-state index in [4.69, 9.17) is 4.74 Å². The number of rotatable bonds is 3. The molecule has 0 fully saturated rings. The Balaban J connectivity index is 1.76. The highest BCUT2D eigenvalue weighted by atomic mass is 16.5. The predicted molar refractivity (Wildman–Crippen MR) is 78.9 cm³/mol. The fraction of sp³-hybridized carbons (Fsp3) is 0.294. The minimum atomic E-state index is 0.338. The Bertz CT molecular complexity index is 610. The minimum Gasteiger partial charge on any atom is -0.508 e. The average molecular weight is 269 g/mol. The number of hydrogen-bond donors (Lipinski definition) is 1. The van der Waals surface area contributed by atoms with Crippen molar-refractivity contribution in [2.45, 2.75) is 19.5 Å². The van der Waals surface area contributed by atoms with Crippen LogP contribution in [0.15, 0.2) is 42.5 Å². The van der Waals surface area contributed by atoms with E-state index in [-0.39, 0.29) is 0 Å². The zero-order valence-electron chi connectivity index (χ0n) is 11.7. The monoisotopic (exact) mass is 269 g/mol. The normalized spacial score (nSPS) is 14.8. The van der Waals surface area contributed by atoms with Crippen LogP contribution in [-0.2, 0) is 19.5 Å². The van der Waals surface area contributed by atoms with Gasteiger partial charge in [0, 0.05) is 25.2 Å². The van der Waals surface area contributed by atoms with Crippen LogP contribution in [0.5, 0.6) is 11.5 Å². The van der Waals surface area contributed by atoms with Crippen LogP contribution in [0.3, 0.4) is 0 Å². The van der Waals surface area contributed by atoms with Crippen molar-refractivity contribution in [3.05, 3.63) is 59.2 Å². The Labute approximate surface area is 119 Å². The molecular formula is C17H19NO2. The molecule has 1 heterocycles. The summed E-state index contributed by atoms with van der Waals surface area (Å²) in [6, 6.07) is 14.0. The van der Waals surface area contributed by atoms with Gasteiger partial charge >= 0.3 is 0 Å². The SMILES string of the molecule is COc1ccc(O)c(CN2CCc3ccccc3C2)c1. The molecule has 0 saturated carbocycles. The summed E-state index contributed by atoms with van der Waals surface area (Å²) in [6.45, 7) is 2.71. The van der Waals surface area contributed by atoms with E-state index in [0.29, 0.717) is 5.75 Å². The molecule has 2 aromatic carbocycles. The fourth-order valence-electron chi connectivity index (χ4n) is 2.75. The first-order chi connectivity index (χ1) is 9.76.